The van der Waals surface area contributed by atoms with Crippen LogP contribution in [0.5, 0.6) is 5.75 Å². The second-order valence-electron chi connectivity index (χ2n) is 7.97. The summed E-state index contributed by atoms with van der Waals surface area (Å²) < 4.78 is 11.0. The minimum absolute atomic E-state index is 0.318. The third kappa shape index (κ3) is 4.72. The van der Waals surface area contributed by atoms with Gasteiger partial charge in [0.15, 0.2) is 10.9 Å². The smallest absolute Gasteiger partial charge is 0.257 e. The highest BCUT2D eigenvalue weighted by atomic mass is 32.1. The summed E-state index contributed by atoms with van der Waals surface area (Å²) in [6, 6.07) is 16.7. The zero-order chi connectivity index (χ0) is 24.2. The first-order valence-electron chi connectivity index (χ1n) is 10.8. The van der Waals surface area contributed by atoms with Crippen LogP contribution in [0.1, 0.15) is 29.9 Å². The molecule has 1 atom stereocenters. The Labute approximate surface area is 204 Å². The Hall–Kier alpha value is -3.91. The molecule has 0 radical (unpaired) electrons. The molecule has 0 unspecified atom stereocenters. The third-order valence-electron chi connectivity index (χ3n) is 5.45. The van der Waals surface area contributed by atoms with Gasteiger partial charge in [0.25, 0.3) is 5.91 Å². The number of ether oxygens (including phenoxy) is 1. The first kappa shape index (κ1) is 23.3. The van der Waals surface area contributed by atoms with Crippen LogP contribution in [0.4, 0.5) is 11.5 Å². The zero-order valence-corrected chi connectivity index (χ0v) is 20.1. The molecule has 0 spiro atoms. The van der Waals surface area contributed by atoms with E-state index in [-0.39, 0.29) is 5.91 Å². The van der Waals surface area contributed by atoms with Crippen molar-refractivity contribution in [1.29, 1.82) is 0 Å². The summed E-state index contributed by atoms with van der Waals surface area (Å²) in [5.74, 6) is 1.27. The van der Waals surface area contributed by atoms with E-state index in [1.54, 1.807) is 19.1 Å². The molecule has 1 amide bonds. The lowest BCUT2D eigenvalue weighted by atomic mass is 9.93. The first-order chi connectivity index (χ1) is 16.4. The van der Waals surface area contributed by atoms with Crippen molar-refractivity contribution in [3.05, 3.63) is 95.4 Å². The Morgan fingerprint density at radius 1 is 1.24 bits per heavy atom. The standard InChI is InChI=1S/C26H26N4O3S/c1-5-13-32-21-12-7-6-11-20(21)24-23(25(31)27-22-15-17(3)33-29-22)18(4)30(26(34)28-24)19-10-8-9-16(2)14-19/h5-12,14-15,24H,1,13H2,2-4H3,(H,28,34)(H,27,29,31)/t24-/m1/s1. The third-order valence-corrected chi connectivity index (χ3v) is 5.75. The molecule has 0 saturated carbocycles. The molecule has 2 aromatic carbocycles. The number of amides is 1. The van der Waals surface area contributed by atoms with Crippen LogP contribution in [0.15, 0.2) is 83.0 Å². The molecule has 0 fully saturated rings. The summed E-state index contributed by atoms with van der Waals surface area (Å²) >= 11 is 5.77. The molecule has 0 aliphatic carbocycles. The number of benzene rings is 2. The summed E-state index contributed by atoms with van der Waals surface area (Å²) in [6.07, 6.45) is 1.68. The summed E-state index contributed by atoms with van der Waals surface area (Å²) in [5, 5.41) is 10.6. The van der Waals surface area contributed by atoms with Crippen molar-refractivity contribution >= 4 is 34.7 Å². The number of carbonyl (C=O) groups excluding carboxylic acids is 1. The largest absolute Gasteiger partial charge is 0.489 e. The average molecular weight is 475 g/mol. The van der Waals surface area contributed by atoms with E-state index in [1.807, 2.05) is 67.3 Å². The van der Waals surface area contributed by atoms with Crippen LogP contribution in [0.3, 0.4) is 0 Å². The van der Waals surface area contributed by atoms with Crippen molar-refractivity contribution in [3.63, 3.8) is 0 Å². The summed E-state index contributed by atoms with van der Waals surface area (Å²) in [4.78, 5) is 15.5. The van der Waals surface area contributed by atoms with Gasteiger partial charge in [0, 0.05) is 23.0 Å². The number of allylic oxidation sites excluding steroid dienone is 1. The number of aryl methyl sites for hydroxylation is 2. The van der Waals surface area contributed by atoms with Crippen molar-refractivity contribution in [2.75, 3.05) is 16.8 Å². The topological polar surface area (TPSA) is 79.6 Å². The first-order valence-corrected chi connectivity index (χ1v) is 11.2. The molecule has 0 saturated heterocycles. The van der Waals surface area contributed by atoms with Crippen molar-refractivity contribution in [1.82, 2.24) is 10.5 Å². The van der Waals surface area contributed by atoms with E-state index < -0.39 is 6.04 Å². The molecular formula is C26H26N4O3S. The number of nitrogens with one attached hydrogen (secondary N) is 2. The number of carbonyl (C=O) groups is 1. The van der Waals surface area contributed by atoms with E-state index in [1.165, 1.54) is 0 Å². The Kier molecular flexibility index (Phi) is 6.79. The van der Waals surface area contributed by atoms with Gasteiger partial charge in [-0.05, 0) is 56.8 Å². The van der Waals surface area contributed by atoms with Gasteiger partial charge in [-0.15, -0.1) is 0 Å². The molecule has 4 rings (SSSR count). The molecule has 1 aliphatic heterocycles. The number of aromatic nitrogens is 1. The predicted molar refractivity (Wildman–Crippen MR) is 137 cm³/mol. The Balaban J connectivity index is 1.83. The number of para-hydroxylation sites is 1. The summed E-state index contributed by atoms with van der Waals surface area (Å²) in [6.45, 7) is 9.73. The maximum atomic E-state index is 13.6. The predicted octanol–water partition coefficient (Wildman–Crippen LogP) is 5.20. The van der Waals surface area contributed by atoms with Crippen LogP contribution in [0.25, 0.3) is 0 Å². The van der Waals surface area contributed by atoms with Gasteiger partial charge in [-0.2, -0.15) is 0 Å². The SMILES string of the molecule is C=CCOc1ccccc1[C@H]1NC(=S)N(c2cccc(C)c2)C(C)=C1C(=O)Nc1cc(C)on1. The Morgan fingerprint density at radius 3 is 2.74 bits per heavy atom. The van der Waals surface area contributed by atoms with Gasteiger partial charge in [-0.3, -0.25) is 9.69 Å². The summed E-state index contributed by atoms with van der Waals surface area (Å²) in [7, 11) is 0. The van der Waals surface area contributed by atoms with Gasteiger partial charge in [0.05, 0.1) is 11.6 Å². The second-order valence-corrected chi connectivity index (χ2v) is 8.36. The van der Waals surface area contributed by atoms with Crippen LogP contribution in [0.2, 0.25) is 0 Å². The molecule has 1 aromatic heterocycles. The quantitative estimate of drug-likeness (QED) is 0.360. The number of nitrogens with zero attached hydrogens (tertiary/aromatic N) is 2. The van der Waals surface area contributed by atoms with Crippen LogP contribution < -0.4 is 20.3 Å². The van der Waals surface area contributed by atoms with E-state index in [2.05, 4.69) is 22.4 Å². The van der Waals surface area contributed by atoms with E-state index in [0.29, 0.717) is 40.3 Å². The second kappa shape index (κ2) is 9.93. The molecule has 34 heavy (non-hydrogen) atoms. The van der Waals surface area contributed by atoms with E-state index in [4.69, 9.17) is 21.5 Å². The number of hydrogen-bond donors (Lipinski definition) is 2. The van der Waals surface area contributed by atoms with Gasteiger partial charge in [0.2, 0.25) is 0 Å². The Morgan fingerprint density at radius 2 is 2.03 bits per heavy atom. The van der Waals surface area contributed by atoms with Gasteiger partial charge >= 0.3 is 0 Å². The highest BCUT2D eigenvalue weighted by Gasteiger charge is 2.36. The number of rotatable bonds is 7. The lowest BCUT2D eigenvalue weighted by Gasteiger charge is -2.38. The minimum Gasteiger partial charge on any atom is -0.489 e. The molecule has 7 nitrogen and oxygen atoms in total. The minimum atomic E-state index is -0.539. The maximum absolute atomic E-state index is 13.6. The molecule has 0 bridgehead atoms. The normalized spacial score (nSPS) is 15.7. The molecule has 2 heterocycles. The van der Waals surface area contributed by atoms with Crippen molar-refractivity contribution in [2.45, 2.75) is 26.8 Å². The maximum Gasteiger partial charge on any atom is 0.257 e. The number of thiocarbonyl (C=S) groups is 1. The van der Waals surface area contributed by atoms with E-state index in [0.717, 1.165) is 16.8 Å². The lowest BCUT2D eigenvalue weighted by molar-refractivity contribution is -0.113. The van der Waals surface area contributed by atoms with Crippen LogP contribution in [-0.4, -0.2) is 22.8 Å². The average Bonchev–Trinajstić information content (AvgIpc) is 3.21. The number of hydrogen-bond acceptors (Lipinski definition) is 5. The van der Waals surface area contributed by atoms with Crippen molar-refractivity contribution < 1.29 is 14.1 Å². The Bertz CT molecular complexity index is 1280. The molecule has 2 N–H and O–H groups in total. The van der Waals surface area contributed by atoms with Crippen LogP contribution in [-0.2, 0) is 4.79 Å². The van der Waals surface area contributed by atoms with Gasteiger partial charge in [-0.1, -0.05) is 48.1 Å². The summed E-state index contributed by atoms with van der Waals surface area (Å²) in [5.41, 5.74) is 3.94. The van der Waals surface area contributed by atoms with Crippen LogP contribution >= 0.6 is 12.2 Å². The van der Waals surface area contributed by atoms with Gasteiger partial charge in [-0.25, -0.2) is 0 Å². The van der Waals surface area contributed by atoms with Crippen LogP contribution in [0, 0.1) is 13.8 Å². The van der Waals surface area contributed by atoms with Gasteiger partial charge in [0.1, 0.15) is 18.1 Å². The fraction of sp³-hybridized carbons (Fsp3) is 0.192. The highest BCUT2D eigenvalue weighted by molar-refractivity contribution is 7.80. The highest BCUT2D eigenvalue weighted by Crippen LogP contribution is 2.37. The lowest BCUT2D eigenvalue weighted by Crippen LogP contribution is -2.48. The number of anilines is 2. The molecule has 1 aliphatic rings. The van der Waals surface area contributed by atoms with Gasteiger partial charge < -0.3 is 19.9 Å². The molecule has 8 heteroatoms. The van der Waals surface area contributed by atoms with Crippen molar-refractivity contribution in [2.24, 2.45) is 0 Å². The molecule has 174 valence electrons. The van der Waals surface area contributed by atoms with E-state index >= 15 is 0 Å². The fourth-order valence-electron chi connectivity index (χ4n) is 3.96. The molecule has 3 aromatic rings. The zero-order valence-electron chi connectivity index (χ0n) is 19.3. The molecular weight excluding hydrogens is 448 g/mol. The fourth-order valence-corrected chi connectivity index (χ4v) is 4.32. The monoisotopic (exact) mass is 474 g/mol. The van der Waals surface area contributed by atoms with Crippen molar-refractivity contribution in [3.8, 4) is 5.75 Å². The van der Waals surface area contributed by atoms with E-state index in [9.17, 15) is 4.79 Å².